The first-order chi connectivity index (χ1) is 7.84. The number of hydrogen-bond donors (Lipinski definition) is 2. The zero-order valence-corrected chi connectivity index (χ0v) is 8.55. The van der Waals surface area contributed by atoms with Crippen molar-refractivity contribution in [3.63, 3.8) is 0 Å². The standard InChI is InChI=1S/C12H11N3O/c16-12(7-6-10-8-13-14-9-10)15-11-4-2-1-3-5-11/h1-9H,(H,13,14)(H,15,16). The molecule has 0 bridgehead atoms. The van der Waals surface area contributed by atoms with E-state index in [1.54, 1.807) is 18.5 Å². The molecule has 4 heteroatoms. The topological polar surface area (TPSA) is 57.8 Å². The van der Waals surface area contributed by atoms with Crippen LogP contribution in [-0.4, -0.2) is 16.1 Å². The van der Waals surface area contributed by atoms with Gasteiger partial charge >= 0.3 is 0 Å². The Morgan fingerprint density at radius 3 is 2.81 bits per heavy atom. The van der Waals surface area contributed by atoms with Gasteiger partial charge in [-0.25, -0.2) is 0 Å². The second kappa shape index (κ2) is 4.93. The predicted octanol–water partition coefficient (Wildman–Crippen LogP) is 2.06. The third kappa shape index (κ3) is 2.81. The van der Waals surface area contributed by atoms with Gasteiger partial charge in [-0.2, -0.15) is 5.10 Å². The number of nitrogens with one attached hydrogen (secondary N) is 2. The highest BCUT2D eigenvalue weighted by Gasteiger charge is 1.96. The van der Waals surface area contributed by atoms with Crippen LogP contribution in [0, 0.1) is 0 Å². The molecule has 2 rings (SSSR count). The molecule has 0 unspecified atom stereocenters. The Balaban J connectivity index is 1.95. The van der Waals surface area contributed by atoms with Crippen molar-refractivity contribution in [1.82, 2.24) is 10.2 Å². The molecule has 0 aliphatic carbocycles. The molecule has 0 fully saturated rings. The Morgan fingerprint density at radius 2 is 2.12 bits per heavy atom. The van der Waals surface area contributed by atoms with Gasteiger partial charge in [-0.1, -0.05) is 18.2 Å². The lowest BCUT2D eigenvalue weighted by atomic mass is 10.3. The molecule has 2 aromatic rings. The van der Waals surface area contributed by atoms with Gasteiger partial charge in [0, 0.05) is 23.5 Å². The van der Waals surface area contributed by atoms with Gasteiger partial charge in [-0.05, 0) is 18.2 Å². The molecule has 1 aromatic carbocycles. The predicted molar refractivity (Wildman–Crippen MR) is 62.7 cm³/mol. The van der Waals surface area contributed by atoms with E-state index in [4.69, 9.17) is 0 Å². The molecule has 0 saturated carbocycles. The highest BCUT2D eigenvalue weighted by atomic mass is 16.1. The largest absolute Gasteiger partial charge is 0.323 e. The zero-order valence-electron chi connectivity index (χ0n) is 8.55. The van der Waals surface area contributed by atoms with E-state index >= 15 is 0 Å². The van der Waals surface area contributed by atoms with E-state index < -0.39 is 0 Å². The first-order valence-electron chi connectivity index (χ1n) is 4.87. The van der Waals surface area contributed by atoms with E-state index in [0.29, 0.717) is 0 Å². The molecule has 1 aromatic heterocycles. The summed E-state index contributed by atoms with van der Waals surface area (Å²) in [5.74, 6) is -0.160. The van der Waals surface area contributed by atoms with Crippen molar-refractivity contribution < 1.29 is 4.79 Å². The van der Waals surface area contributed by atoms with Gasteiger partial charge in [0.05, 0.1) is 6.20 Å². The molecule has 16 heavy (non-hydrogen) atoms. The van der Waals surface area contributed by atoms with Crippen molar-refractivity contribution in [3.05, 3.63) is 54.4 Å². The monoisotopic (exact) mass is 213 g/mol. The van der Waals surface area contributed by atoms with Crippen molar-refractivity contribution in [1.29, 1.82) is 0 Å². The zero-order chi connectivity index (χ0) is 11.2. The Labute approximate surface area is 93.0 Å². The average molecular weight is 213 g/mol. The van der Waals surface area contributed by atoms with E-state index in [0.717, 1.165) is 11.3 Å². The summed E-state index contributed by atoms with van der Waals surface area (Å²) < 4.78 is 0. The van der Waals surface area contributed by atoms with Crippen LogP contribution in [0.2, 0.25) is 0 Å². The number of para-hydroxylation sites is 1. The summed E-state index contributed by atoms with van der Waals surface area (Å²) in [6, 6.07) is 9.31. The van der Waals surface area contributed by atoms with Gasteiger partial charge in [-0.15, -0.1) is 0 Å². The van der Waals surface area contributed by atoms with Gasteiger partial charge < -0.3 is 5.32 Å². The van der Waals surface area contributed by atoms with E-state index in [-0.39, 0.29) is 5.91 Å². The van der Waals surface area contributed by atoms with Gasteiger partial charge in [0.2, 0.25) is 5.91 Å². The summed E-state index contributed by atoms with van der Waals surface area (Å²) in [5, 5.41) is 9.19. The molecule has 0 spiro atoms. The molecular formula is C12H11N3O. The van der Waals surface area contributed by atoms with Crippen LogP contribution in [0.4, 0.5) is 5.69 Å². The van der Waals surface area contributed by atoms with Crippen molar-refractivity contribution >= 4 is 17.7 Å². The van der Waals surface area contributed by atoms with Crippen LogP contribution in [0.15, 0.2) is 48.8 Å². The van der Waals surface area contributed by atoms with Crippen molar-refractivity contribution in [2.75, 3.05) is 5.32 Å². The SMILES string of the molecule is O=C(C=Cc1cn[nH]c1)Nc1ccccc1. The first-order valence-corrected chi connectivity index (χ1v) is 4.87. The minimum absolute atomic E-state index is 0.160. The molecule has 0 atom stereocenters. The number of nitrogens with zero attached hydrogens (tertiary/aromatic N) is 1. The maximum atomic E-state index is 11.5. The molecule has 0 saturated heterocycles. The number of aromatic amines is 1. The summed E-state index contributed by atoms with van der Waals surface area (Å²) in [6.45, 7) is 0. The van der Waals surface area contributed by atoms with E-state index in [1.807, 2.05) is 30.3 Å². The second-order valence-electron chi connectivity index (χ2n) is 3.22. The summed E-state index contributed by atoms with van der Waals surface area (Å²) in [5.41, 5.74) is 1.65. The van der Waals surface area contributed by atoms with Crippen LogP contribution in [0.1, 0.15) is 5.56 Å². The lowest BCUT2D eigenvalue weighted by Gasteiger charge is -1.99. The second-order valence-corrected chi connectivity index (χ2v) is 3.22. The van der Waals surface area contributed by atoms with Crippen LogP contribution in [0.25, 0.3) is 6.08 Å². The molecule has 4 nitrogen and oxygen atoms in total. The smallest absolute Gasteiger partial charge is 0.248 e. The van der Waals surface area contributed by atoms with Gasteiger partial charge in [0.25, 0.3) is 0 Å². The fraction of sp³-hybridized carbons (Fsp3) is 0. The summed E-state index contributed by atoms with van der Waals surface area (Å²) in [4.78, 5) is 11.5. The normalized spacial score (nSPS) is 10.5. The molecule has 0 aliphatic rings. The molecular weight excluding hydrogens is 202 g/mol. The van der Waals surface area contributed by atoms with Crippen LogP contribution in [0.5, 0.6) is 0 Å². The number of H-pyrrole nitrogens is 1. The number of benzene rings is 1. The summed E-state index contributed by atoms with van der Waals surface area (Å²) in [7, 11) is 0. The highest BCUT2D eigenvalue weighted by Crippen LogP contribution is 2.05. The highest BCUT2D eigenvalue weighted by molar-refractivity contribution is 6.01. The Hall–Kier alpha value is -2.36. The number of amides is 1. The number of aromatic nitrogens is 2. The number of anilines is 1. The van der Waals surface area contributed by atoms with Crippen LogP contribution >= 0.6 is 0 Å². The van der Waals surface area contributed by atoms with E-state index in [9.17, 15) is 4.79 Å². The van der Waals surface area contributed by atoms with Crippen LogP contribution < -0.4 is 5.32 Å². The minimum Gasteiger partial charge on any atom is -0.323 e. The fourth-order valence-corrected chi connectivity index (χ4v) is 1.23. The summed E-state index contributed by atoms with van der Waals surface area (Å²) in [6.07, 6.45) is 6.53. The fourth-order valence-electron chi connectivity index (χ4n) is 1.23. The Morgan fingerprint density at radius 1 is 1.31 bits per heavy atom. The minimum atomic E-state index is -0.160. The van der Waals surface area contributed by atoms with Crippen molar-refractivity contribution in [2.45, 2.75) is 0 Å². The first kappa shape index (κ1) is 10.2. The maximum absolute atomic E-state index is 11.5. The third-order valence-electron chi connectivity index (χ3n) is 1.99. The number of rotatable bonds is 3. The van der Waals surface area contributed by atoms with Crippen LogP contribution in [0.3, 0.4) is 0 Å². The lowest BCUT2D eigenvalue weighted by molar-refractivity contribution is -0.111. The maximum Gasteiger partial charge on any atom is 0.248 e. The van der Waals surface area contributed by atoms with Gasteiger partial charge in [0.1, 0.15) is 0 Å². The number of hydrogen-bond acceptors (Lipinski definition) is 2. The molecule has 1 amide bonds. The molecule has 80 valence electrons. The Bertz CT molecular complexity index is 474. The van der Waals surface area contributed by atoms with E-state index in [1.165, 1.54) is 6.08 Å². The molecule has 1 heterocycles. The number of carbonyl (C=O) groups is 1. The quantitative estimate of drug-likeness (QED) is 0.767. The van der Waals surface area contributed by atoms with Crippen molar-refractivity contribution in [2.24, 2.45) is 0 Å². The van der Waals surface area contributed by atoms with E-state index in [2.05, 4.69) is 15.5 Å². The lowest BCUT2D eigenvalue weighted by Crippen LogP contribution is -2.07. The molecule has 2 N–H and O–H groups in total. The third-order valence-corrected chi connectivity index (χ3v) is 1.99. The van der Waals surface area contributed by atoms with Crippen molar-refractivity contribution in [3.8, 4) is 0 Å². The Kier molecular flexibility index (Phi) is 3.13. The van der Waals surface area contributed by atoms with Crippen LogP contribution in [-0.2, 0) is 4.79 Å². The van der Waals surface area contributed by atoms with Gasteiger partial charge in [0.15, 0.2) is 0 Å². The summed E-state index contributed by atoms with van der Waals surface area (Å²) >= 11 is 0. The molecule has 0 aliphatic heterocycles. The number of carbonyl (C=O) groups excluding carboxylic acids is 1. The average Bonchev–Trinajstić information content (AvgIpc) is 2.81. The van der Waals surface area contributed by atoms with Gasteiger partial charge in [-0.3, -0.25) is 9.89 Å². The molecule has 0 radical (unpaired) electrons.